The summed E-state index contributed by atoms with van der Waals surface area (Å²) in [5.74, 6) is 1.82. The van der Waals surface area contributed by atoms with E-state index < -0.39 is 23.2 Å². The number of fused-ring (bicyclic) bond motifs is 3. The summed E-state index contributed by atoms with van der Waals surface area (Å²) in [5, 5.41) is 28.5. The van der Waals surface area contributed by atoms with Crippen molar-refractivity contribution in [3.8, 4) is 33.8 Å². The topological polar surface area (TPSA) is 298 Å². The fourth-order valence-corrected chi connectivity index (χ4v) is 17.8. The van der Waals surface area contributed by atoms with Gasteiger partial charge in [-0.2, -0.15) is 28.4 Å². The molecule has 122 heavy (non-hydrogen) atoms. The largest absolute Gasteiger partial charge is 0.340 e. The monoisotopic (exact) mass is 1700 g/mol. The lowest BCUT2D eigenvalue weighted by molar-refractivity contribution is -0.131. The number of benzene rings is 3. The van der Waals surface area contributed by atoms with Crippen LogP contribution in [-0.2, 0) is 60.2 Å². The van der Waals surface area contributed by atoms with Gasteiger partial charge in [0.25, 0.3) is 0 Å². The molecular weight excluding hydrogens is 1610 g/mol. The second-order valence-electron chi connectivity index (χ2n) is 32.0. The van der Waals surface area contributed by atoms with Gasteiger partial charge in [0.2, 0.25) is 17.7 Å². The number of amides is 3. The van der Waals surface area contributed by atoms with Crippen LogP contribution in [0, 0.1) is 50.2 Å². The Balaban J connectivity index is 0.000000136. The molecule has 630 valence electrons. The fourth-order valence-electron chi connectivity index (χ4n) is 15.8. The van der Waals surface area contributed by atoms with E-state index in [9.17, 15) is 23.2 Å². The summed E-state index contributed by atoms with van der Waals surface area (Å²) in [7, 11) is 3.59. The number of aromatic nitrogens is 18. The van der Waals surface area contributed by atoms with Crippen molar-refractivity contribution in [3.05, 3.63) is 223 Å². The lowest BCUT2D eigenvalue weighted by Gasteiger charge is -2.30. The van der Waals surface area contributed by atoms with Gasteiger partial charge in [0.1, 0.15) is 52.0 Å². The maximum atomic E-state index is 13.9. The third kappa shape index (κ3) is 20.4. The SMILES string of the molecule is Cc1cn2c(-c3cnn(CC(=O)N(C)Cc4ccccc4)c3)cnc2c(Nc2cc(CN3CCCC(C)C3)ns2)n1.Cc1cn2c(-c3cnn(CC(=O)N(C)c4ccccc4)c3)cnc2c(Nc2cc(CN3CCCC(C)C3)ns2)n1.Cc1cn2c(-c3cnn(CC(=O)Nc4c(F)cccc4F)c3)cnc2c(Nc2cc(CN3CCCC(C)C3)ns2)n1. The number of carbonyl (C=O) groups excluding carboxylic acids is 3. The molecule has 3 aliphatic rings. The minimum Gasteiger partial charge on any atom is -0.340 e. The molecule has 15 aromatic rings. The molecule has 30 nitrogen and oxygen atoms in total. The molecule has 18 rings (SSSR count). The molecule has 4 N–H and O–H groups in total. The molecule has 0 spiro atoms. The number of para-hydroxylation sites is 2. The Kier molecular flexibility index (Phi) is 25.7. The van der Waals surface area contributed by atoms with Crippen molar-refractivity contribution in [1.82, 2.24) is 105 Å². The van der Waals surface area contributed by atoms with E-state index in [0.717, 1.165) is 183 Å². The molecule has 3 saturated heterocycles. The maximum absolute atomic E-state index is 13.9. The molecule has 0 aliphatic carbocycles. The standard InChI is InChI=1S/C30H35N9OS.C29H33N9OS.C28H29F2N9OS/c1-21-8-7-11-37(15-21)19-25-12-27(41-35-25)34-29-30-31-14-26(39(30)16-22(2)33-29)24-13-32-38(18-24)20-28(40)36(3)17-23-9-5-4-6-10-23;1-20-8-7-11-36(15-20)18-23-12-26(40-34-23)33-28-29-30-14-25(38(29)16-21(2)32-28)22-13-31-37(17-22)19-27(39)35(3)24-9-5-4-6-10-24;1-17-5-4-8-37(12-17)15-20-9-25(41-36-20)35-27-28-31-11-23(39(28)13-18(2)33-27)19-10-32-38(14-19)16-24(40)34-26-21(29)6-3-7-22(26)30/h4-6,9-10,12-14,16,18,21H,7-8,11,15,17,19-20H2,1-3H3,(H,33,34);4-6,9-10,12-14,16-17,20H,7-8,11,15,18-19H2,1-3H3,(H,32,33);3,6-7,9-11,13-14,17H,4-5,8,12,15-16H2,1-2H3,(H,33,35)(H,34,40). The van der Waals surface area contributed by atoms with Crippen LogP contribution in [0.5, 0.6) is 0 Å². The van der Waals surface area contributed by atoms with Crippen molar-refractivity contribution in [1.29, 1.82) is 0 Å². The van der Waals surface area contributed by atoms with Crippen LogP contribution in [-0.4, -0.2) is 176 Å². The number of halogens is 2. The zero-order valence-corrected chi connectivity index (χ0v) is 71.8. The minimum absolute atomic E-state index is 0.00750. The van der Waals surface area contributed by atoms with Gasteiger partial charge in [0.05, 0.1) is 88.4 Å². The normalized spacial score (nSPS) is 15.9. The van der Waals surface area contributed by atoms with Crippen LogP contribution in [0.15, 0.2) is 171 Å². The van der Waals surface area contributed by atoms with Crippen molar-refractivity contribution in [2.75, 3.05) is 79.5 Å². The van der Waals surface area contributed by atoms with Crippen molar-refractivity contribution >= 4 is 113 Å². The van der Waals surface area contributed by atoms with E-state index in [2.05, 4.69) is 123 Å². The number of hydrogen-bond donors (Lipinski definition) is 4. The van der Waals surface area contributed by atoms with Crippen molar-refractivity contribution in [2.24, 2.45) is 17.8 Å². The zero-order chi connectivity index (χ0) is 84.5. The van der Waals surface area contributed by atoms with Crippen LogP contribution < -0.4 is 26.2 Å². The molecule has 3 aromatic carbocycles. The van der Waals surface area contributed by atoms with Gasteiger partial charge in [-0.15, -0.1) is 0 Å². The maximum Gasteiger partial charge on any atom is 0.248 e. The number of nitrogens with zero attached hydrogens (tertiary/aromatic N) is 23. The smallest absolute Gasteiger partial charge is 0.248 e. The van der Waals surface area contributed by atoms with E-state index in [1.165, 1.54) is 83.9 Å². The summed E-state index contributed by atoms with van der Waals surface area (Å²) in [5.41, 5.74) is 14.2. The average Bonchev–Trinajstić information content (AvgIpc) is 1.63. The first-order valence-corrected chi connectivity index (χ1v) is 43.3. The predicted molar refractivity (Wildman–Crippen MR) is 472 cm³/mol. The number of aryl methyl sites for hydroxylation is 3. The molecule has 3 atom stereocenters. The Bertz CT molecular complexity index is 6120. The van der Waals surface area contributed by atoms with Crippen LogP contribution in [0.3, 0.4) is 0 Å². The fraction of sp³-hybridized carbons (Fsp3) is 0.345. The Morgan fingerprint density at radius 3 is 1.24 bits per heavy atom. The summed E-state index contributed by atoms with van der Waals surface area (Å²) >= 11 is 4.30. The highest BCUT2D eigenvalue weighted by Crippen LogP contribution is 2.34. The van der Waals surface area contributed by atoms with E-state index in [4.69, 9.17) is 9.97 Å². The highest BCUT2D eigenvalue weighted by atomic mass is 32.1. The number of anilines is 8. The van der Waals surface area contributed by atoms with Crippen LogP contribution >= 0.6 is 34.6 Å². The molecule has 3 unspecified atom stereocenters. The van der Waals surface area contributed by atoms with Gasteiger partial charge in [-0.3, -0.25) is 56.3 Å². The highest BCUT2D eigenvalue weighted by Gasteiger charge is 2.26. The Hall–Kier alpha value is -12.4. The average molecular weight is 1700 g/mol. The van der Waals surface area contributed by atoms with Gasteiger partial charge in [0, 0.05) is 119 Å². The van der Waals surface area contributed by atoms with Crippen molar-refractivity contribution in [3.63, 3.8) is 0 Å². The van der Waals surface area contributed by atoms with E-state index in [1.54, 1.807) is 57.2 Å². The summed E-state index contributed by atoms with van der Waals surface area (Å²) in [4.78, 5) is 77.0. The zero-order valence-electron chi connectivity index (χ0n) is 69.3. The Morgan fingerprint density at radius 1 is 0.467 bits per heavy atom. The molecular formula is C87H97F2N27O3S3. The number of imidazole rings is 3. The van der Waals surface area contributed by atoms with Crippen LogP contribution in [0.4, 0.5) is 52.6 Å². The van der Waals surface area contributed by atoms with Crippen molar-refractivity contribution < 1.29 is 23.2 Å². The molecule has 0 saturated carbocycles. The van der Waals surface area contributed by atoms with E-state index >= 15 is 0 Å². The molecule has 0 bridgehead atoms. The number of carbonyl (C=O) groups is 3. The van der Waals surface area contributed by atoms with E-state index in [-0.39, 0.29) is 31.4 Å². The molecule has 15 heterocycles. The second-order valence-corrected chi connectivity index (χ2v) is 34.4. The number of rotatable bonds is 25. The van der Waals surface area contributed by atoms with Gasteiger partial charge < -0.3 is 31.1 Å². The van der Waals surface area contributed by atoms with E-state index in [1.807, 2.05) is 145 Å². The van der Waals surface area contributed by atoms with Crippen LogP contribution in [0.2, 0.25) is 0 Å². The molecule has 12 aromatic heterocycles. The predicted octanol–water partition coefficient (Wildman–Crippen LogP) is 15.2. The summed E-state index contributed by atoms with van der Waals surface area (Å²) in [6, 6.07) is 29.2. The lowest BCUT2D eigenvalue weighted by Crippen LogP contribution is -2.33. The molecule has 3 fully saturated rings. The van der Waals surface area contributed by atoms with Gasteiger partial charge in [0.15, 0.2) is 34.4 Å². The number of hydrogen-bond acceptors (Lipinski definition) is 24. The Labute approximate surface area is 716 Å². The third-order valence-electron chi connectivity index (χ3n) is 21.7. The first-order chi connectivity index (χ1) is 59.1. The van der Waals surface area contributed by atoms with Gasteiger partial charge >= 0.3 is 0 Å². The summed E-state index contributed by atoms with van der Waals surface area (Å²) < 4.78 is 52.5. The third-order valence-corrected chi connectivity index (χ3v) is 24.0. The number of likely N-dealkylation sites (N-methyl/N-ethyl adjacent to an activating group) is 2. The molecule has 3 amide bonds. The van der Waals surface area contributed by atoms with Gasteiger partial charge in [-0.1, -0.05) is 75.4 Å². The van der Waals surface area contributed by atoms with Crippen LogP contribution in [0.25, 0.3) is 50.7 Å². The molecule has 35 heteroatoms. The number of piperidine rings is 3. The number of likely N-dealkylation sites (tertiary alicyclic amines) is 3. The van der Waals surface area contributed by atoms with E-state index in [0.29, 0.717) is 41.2 Å². The first kappa shape index (κ1) is 83.2. The summed E-state index contributed by atoms with van der Waals surface area (Å²) in [6.07, 6.45) is 29.4. The molecule has 0 radical (unpaired) electrons. The Morgan fingerprint density at radius 2 is 0.844 bits per heavy atom. The van der Waals surface area contributed by atoms with Crippen LogP contribution in [0.1, 0.15) is 99.0 Å². The highest BCUT2D eigenvalue weighted by molar-refractivity contribution is 7.10. The lowest BCUT2D eigenvalue weighted by atomic mass is 10.0. The second kappa shape index (κ2) is 37.7. The summed E-state index contributed by atoms with van der Waals surface area (Å²) in [6.45, 7) is 22.7. The molecule has 3 aliphatic heterocycles. The number of nitrogens with one attached hydrogen (secondary N) is 4. The first-order valence-electron chi connectivity index (χ1n) is 41.0. The minimum atomic E-state index is -0.843. The van der Waals surface area contributed by atoms with Crippen molar-refractivity contribution in [2.45, 2.75) is 126 Å². The van der Waals surface area contributed by atoms with Gasteiger partial charge in [-0.25, -0.2) is 38.7 Å². The quantitative estimate of drug-likeness (QED) is 0.0413. The van der Waals surface area contributed by atoms with Gasteiger partial charge in [-0.05, 0) is 179 Å².